The number of anilines is 2. The molecular formula is C24H22ClN3O4. The molecule has 8 heteroatoms. The molecule has 0 aliphatic carbocycles. The highest BCUT2D eigenvalue weighted by Crippen LogP contribution is 2.40. The van der Waals surface area contributed by atoms with E-state index in [1.807, 2.05) is 12.1 Å². The number of hydrogen-bond donors (Lipinski definition) is 3. The van der Waals surface area contributed by atoms with Gasteiger partial charge in [-0.15, -0.1) is 0 Å². The van der Waals surface area contributed by atoms with E-state index in [2.05, 4.69) is 10.6 Å². The maximum absolute atomic E-state index is 13.4. The number of aliphatic hydroxyl groups is 1. The van der Waals surface area contributed by atoms with Crippen molar-refractivity contribution in [1.82, 2.24) is 5.32 Å². The van der Waals surface area contributed by atoms with Gasteiger partial charge in [0.15, 0.2) is 0 Å². The highest BCUT2D eigenvalue weighted by molar-refractivity contribution is 6.30. The zero-order valence-corrected chi connectivity index (χ0v) is 18.1. The Kier molecular flexibility index (Phi) is 6.03. The number of hydrogen-bond acceptors (Lipinski definition) is 4. The van der Waals surface area contributed by atoms with Gasteiger partial charge in [-0.2, -0.15) is 0 Å². The highest BCUT2D eigenvalue weighted by Gasteiger charge is 2.51. The van der Waals surface area contributed by atoms with Crippen LogP contribution in [0.3, 0.4) is 0 Å². The molecule has 0 radical (unpaired) electrons. The van der Waals surface area contributed by atoms with Crippen molar-refractivity contribution >= 4 is 34.9 Å². The van der Waals surface area contributed by atoms with E-state index in [0.29, 0.717) is 28.6 Å². The van der Waals surface area contributed by atoms with E-state index in [4.69, 9.17) is 16.3 Å². The summed E-state index contributed by atoms with van der Waals surface area (Å²) in [6.07, 6.45) is 0.534. The number of carbonyl (C=O) groups excluding carboxylic acids is 2. The lowest BCUT2D eigenvalue weighted by Crippen LogP contribution is -2.62. The fourth-order valence-electron chi connectivity index (χ4n) is 3.71. The first-order valence-corrected chi connectivity index (χ1v) is 10.4. The van der Waals surface area contributed by atoms with E-state index in [0.717, 1.165) is 10.5 Å². The number of amides is 3. The Morgan fingerprint density at radius 2 is 1.88 bits per heavy atom. The van der Waals surface area contributed by atoms with Gasteiger partial charge in [0.2, 0.25) is 0 Å². The molecule has 1 aliphatic rings. The van der Waals surface area contributed by atoms with Gasteiger partial charge in [0.25, 0.3) is 11.6 Å². The summed E-state index contributed by atoms with van der Waals surface area (Å²) in [5.74, 6) is -0.226. The number of nitrogens with one attached hydrogen (secondary N) is 2. The average Bonchev–Trinajstić information content (AvgIpc) is 2.80. The second kappa shape index (κ2) is 8.90. The quantitative estimate of drug-likeness (QED) is 0.530. The molecule has 0 bridgehead atoms. The van der Waals surface area contributed by atoms with Crippen LogP contribution in [0, 0.1) is 0 Å². The molecular weight excluding hydrogens is 430 g/mol. The third-order valence-corrected chi connectivity index (χ3v) is 5.56. The molecule has 3 amide bonds. The molecule has 4 rings (SSSR count). The maximum Gasteiger partial charge on any atom is 0.329 e. The number of nitrogens with zero attached hydrogens (tertiary/aromatic N) is 1. The molecule has 3 aromatic carbocycles. The van der Waals surface area contributed by atoms with Crippen LogP contribution in [0.1, 0.15) is 11.1 Å². The van der Waals surface area contributed by atoms with Gasteiger partial charge in [0.1, 0.15) is 5.75 Å². The van der Waals surface area contributed by atoms with Crippen molar-refractivity contribution in [2.75, 3.05) is 23.9 Å². The Balaban J connectivity index is 1.67. The van der Waals surface area contributed by atoms with Crippen LogP contribution in [0.25, 0.3) is 0 Å². The summed E-state index contributed by atoms with van der Waals surface area (Å²) in [4.78, 5) is 27.4. The molecule has 0 spiro atoms. The van der Waals surface area contributed by atoms with E-state index >= 15 is 0 Å². The molecule has 0 saturated heterocycles. The lowest BCUT2D eigenvalue weighted by atomic mass is 9.94. The Labute approximate surface area is 190 Å². The first-order chi connectivity index (χ1) is 15.4. The molecule has 0 unspecified atom stereocenters. The number of halogens is 1. The minimum atomic E-state index is -2.26. The Hall–Kier alpha value is -3.55. The summed E-state index contributed by atoms with van der Waals surface area (Å²) >= 11 is 5.92. The van der Waals surface area contributed by atoms with Crippen molar-refractivity contribution in [3.8, 4) is 5.75 Å². The van der Waals surface area contributed by atoms with Gasteiger partial charge in [-0.3, -0.25) is 9.69 Å². The first kappa shape index (κ1) is 21.7. The van der Waals surface area contributed by atoms with Crippen molar-refractivity contribution in [2.24, 2.45) is 0 Å². The average molecular weight is 452 g/mol. The lowest BCUT2D eigenvalue weighted by Gasteiger charge is -2.42. The van der Waals surface area contributed by atoms with Crippen LogP contribution in [0.4, 0.5) is 16.2 Å². The van der Waals surface area contributed by atoms with Gasteiger partial charge in [0, 0.05) is 23.2 Å². The molecule has 1 atom stereocenters. The van der Waals surface area contributed by atoms with E-state index < -0.39 is 17.7 Å². The SMILES string of the molecule is COc1cccc(N2C(=O)Nc3ccccc3[C@@]2(O)C(=O)NCCc2ccc(Cl)cc2)c1. The van der Waals surface area contributed by atoms with Gasteiger partial charge in [0.05, 0.1) is 18.5 Å². The standard InChI is InChI=1S/C24H22ClN3O4/c1-32-19-6-4-5-18(15-19)28-23(30)27-21-8-3-2-7-20(21)24(28,31)22(29)26-14-13-16-9-11-17(25)12-10-16/h2-12,15,31H,13-14H2,1H3,(H,26,29)(H,27,30)/t24-/m1/s1. The van der Waals surface area contributed by atoms with Gasteiger partial charge in [-0.1, -0.05) is 48.0 Å². The molecule has 3 N–H and O–H groups in total. The van der Waals surface area contributed by atoms with E-state index in [9.17, 15) is 14.7 Å². The number of ether oxygens (including phenoxy) is 1. The summed E-state index contributed by atoms with van der Waals surface area (Å²) in [6.45, 7) is 0.262. The van der Waals surface area contributed by atoms with Crippen molar-refractivity contribution in [3.63, 3.8) is 0 Å². The van der Waals surface area contributed by atoms with Crippen molar-refractivity contribution < 1.29 is 19.4 Å². The zero-order chi connectivity index (χ0) is 22.7. The molecule has 0 fully saturated rings. The number of methoxy groups -OCH3 is 1. The molecule has 164 valence electrons. The second-order valence-electron chi connectivity index (χ2n) is 7.32. The summed E-state index contributed by atoms with van der Waals surface area (Å²) in [5.41, 5.74) is -0.330. The highest BCUT2D eigenvalue weighted by atomic mass is 35.5. The van der Waals surface area contributed by atoms with Gasteiger partial charge >= 0.3 is 6.03 Å². The van der Waals surface area contributed by atoms with Crippen molar-refractivity contribution in [1.29, 1.82) is 0 Å². The molecule has 1 aliphatic heterocycles. The number of rotatable bonds is 6. The van der Waals surface area contributed by atoms with Crippen LogP contribution >= 0.6 is 11.6 Å². The van der Waals surface area contributed by atoms with Gasteiger partial charge < -0.3 is 20.5 Å². The minimum absolute atomic E-state index is 0.262. The van der Waals surface area contributed by atoms with Crippen molar-refractivity contribution in [3.05, 3.63) is 88.9 Å². The van der Waals surface area contributed by atoms with E-state index in [1.54, 1.807) is 60.7 Å². The van der Waals surface area contributed by atoms with E-state index in [-0.39, 0.29) is 12.1 Å². The van der Waals surface area contributed by atoms with Gasteiger partial charge in [-0.05, 0) is 42.3 Å². The number of urea groups is 1. The van der Waals surface area contributed by atoms with Gasteiger partial charge in [-0.25, -0.2) is 4.79 Å². The Bertz CT molecular complexity index is 1150. The zero-order valence-electron chi connectivity index (χ0n) is 17.3. The van der Waals surface area contributed by atoms with Crippen LogP contribution in [0.15, 0.2) is 72.8 Å². The predicted octanol–water partition coefficient (Wildman–Crippen LogP) is 3.90. The molecule has 7 nitrogen and oxygen atoms in total. The topological polar surface area (TPSA) is 90.9 Å². The fraction of sp³-hybridized carbons (Fsp3) is 0.167. The maximum atomic E-state index is 13.4. The number of benzene rings is 3. The Morgan fingerprint density at radius 1 is 1.12 bits per heavy atom. The van der Waals surface area contributed by atoms with Crippen LogP contribution in [0.5, 0.6) is 5.75 Å². The molecule has 0 aromatic heterocycles. The number of fused-ring (bicyclic) bond motifs is 1. The van der Waals surface area contributed by atoms with Crippen LogP contribution in [-0.2, 0) is 16.9 Å². The third-order valence-electron chi connectivity index (χ3n) is 5.31. The van der Waals surface area contributed by atoms with E-state index in [1.165, 1.54) is 7.11 Å². The minimum Gasteiger partial charge on any atom is -0.497 e. The Morgan fingerprint density at radius 3 is 2.62 bits per heavy atom. The lowest BCUT2D eigenvalue weighted by molar-refractivity contribution is -0.140. The predicted molar refractivity (Wildman–Crippen MR) is 123 cm³/mol. The normalized spacial score (nSPS) is 17.3. The molecule has 32 heavy (non-hydrogen) atoms. The van der Waals surface area contributed by atoms with Crippen LogP contribution in [-0.4, -0.2) is 30.7 Å². The first-order valence-electron chi connectivity index (χ1n) is 10.0. The number of carbonyl (C=O) groups is 2. The van der Waals surface area contributed by atoms with Crippen LogP contribution in [0.2, 0.25) is 5.02 Å². The smallest absolute Gasteiger partial charge is 0.329 e. The summed E-state index contributed by atoms with van der Waals surface area (Å²) in [7, 11) is 1.50. The van der Waals surface area contributed by atoms with Crippen molar-refractivity contribution in [2.45, 2.75) is 12.1 Å². The third kappa shape index (κ3) is 4.00. The molecule has 3 aromatic rings. The second-order valence-corrected chi connectivity index (χ2v) is 7.75. The summed E-state index contributed by atoms with van der Waals surface area (Å²) < 4.78 is 5.25. The van der Waals surface area contributed by atoms with Crippen LogP contribution < -0.4 is 20.3 Å². The summed E-state index contributed by atoms with van der Waals surface area (Å²) in [6, 6.07) is 19.9. The molecule has 0 saturated carbocycles. The monoisotopic (exact) mass is 451 g/mol. The largest absolute Gasteiger partial charge is 0.497 e. The number of para-hydroxylation sites is 1. The summed E-state index contributed by atoms with van der Waals surface area (Å²) in [5, 5.41) is 17.9. The molecule has 1 heterocycles. The fourth-order valence-corrected chi connectivity index (χ4v) is 3.83.